The van der Waals surface area contributed by atoms with Crippen LogP contribution in [0.3, 0.4) is 0 Å². The van der Waals surface area contributed by atoms with E-state index in [0.29, 0.717) is 12.2 Å². The van der Waals surface area contributed by atoms with Crippen molar-refractivity contribution in [3.05, 3.63) is 18.2 Å². The first-order valence-corrected chi connectivity index (χ1v) is 11.5. The zero-order valence-electron chi connectivity index (χ0n) is 17.0. The second-order valence-electron chi connectivity index (χ2n) is 8.18. The first-order valence-electron chi connectivity index (χ1n) is 10.0. The van der Waals surface area contributed by atoms with Gasteiger partial charge in [-0.15, -0.1) is 0 Å². The number of piperidine rings is 1. The standard InChI is InChI=1S/C20H31N3O4S/c1-22(2)28(25,26)19-12-17(8-9-18(19)27-3)21-20(24)14-23-11-10-15-6-4-5-7-16(15)13-23/h8-9,12,15-16H,4-7,10-11,13-14H2,1-3H3,(H,21,24)/p+1/t15-,16-/m1/s1. The normalized spacial score (nSPS) is 25.2. The molecule has 7 nitrogen and oxygen atoms in total. The summed E-state index contributed by atoms with van der Waals surface area (Å²) in [7, 11) is 0.705. The third-order valence-corrected chi connectivity index (χ3v) is 7.94. The Kier molecular flexibility index (Phi) is 6.62. The van der Waals surface area contributed by atoms with E-state index in [0.717, 1.165) is 29.2 Å². The van der Waals surface area contributed by atoms with E-state index in [4.69, 9.17) is 4.74 Å². The van der Waals surface area contributed by atoms with Gasteiger partial charge in [0.05, 0.1) is 20.2 Å². The van der Waals surface area contributed by atoms with Crippen molar-refractivity contribution in [1.29, 1.82) is 0 Å². The van der Waals surface area contributed by atoms with E-state index >= 15 is 0 Å². The van der Waals surface area contributed by atoms with Gasteiger partial charge in [0, 0.05) is 25.7 Å². The first-order chi connectivity index (χ1) is 13.3. The SMILES string of the molecule is COc1ccc(NC(=O)C[NH+]2CC[C@H]3CCCC[C@@H]3C2)cc1S(=O)(=O)N(C)C. The van der Waals surface area contributed by atoms with Gasteiger partial charge >= 0.3 is 0 Å². The van der Waals surface area contributed by atoms with Gasteiger partial charge in [-0.3, -0.25) is 4.79 Å². The van der Waals surface area contributed by atoms with Crippen molar-refractivity contribution in [1.82, 2.24) is 4.31 Å². The molecule has 3 atom stereocenters. The van der Waals surface area contributed by atoms with Crippen LogP contribution in [0.15, 0.2) is 23.1 Å². The van der Waals surface area contributed by atoms with Crippen molar-refractivity contribution in [3.63, 3.8) is 0 Å². The summed E-state index contributed by atoms with van der Waals surface area (Å²) in [4.78, 5) is 13.9. The Morgan fingerprint density at radius 3 is 2.61 bits per heavy atom. The number of sulfonamides is 1. The maximum Gasteiger partial charge on any atom is 0.279 e. The molecule has 1 saturated heterocycles. The molecule has 2 aliphatic rings. The van der Waals surface area contributed by atoms with Gasteiger partial charge in [-0.2, -0.15) is 0 Å². The average Bonchev–Trinajstić information content (AvgIpc) is 2.67. The Morgan fingerprint density at radius 1 is 1.21 bits per heavy atom. The molecule has 0 aromatic heterocycles. The molecular weight excluding hydrogens is 378 g/mol. The Bertz CT molecular complexity index is 810. The number of hydrogen-bond donors (Lipinski definition) is 2. The maximum atomic E-state index is 12.6. The third kappa shape index (κ3) is 4.67. The minimum Gasteiger partial charge on any atom is -0.495 e. The van der Waals surface area contributed by atoms with E-state index in [-0.39, 0.29) is 16.6 Å². The summed E-state index contributed by atoms with van der Waals surface area (Å²) in [5, 5.41) is 2.87. The smallest absolute Gasteiger partial charge is 0.279 e. The number of ether oxygens (including phenoxy) is 1. The molecular formula is C20H32N3O4S+. The highest BCUT2D eigenvalue weighted by Gasteiger charge is 2.34. The van der Waals surface area contributed by atoms with Crippen LogP contribution in [0.4, 0.5) is 5.69 Å². The summed E-state index contributed by atoms with van der Waals surface area (Å²) in [5.41, 5.74) is 0.471. The molecule has 0 spiro atoms. The number of rotatable bonds is 6. The van der Waals surface area contributed by atoms with Crippen LogP contribution in [0.5, 0.6) is 5.75 Å². The van der Waals surface area contributed by atoms with Gasteiger partial charge in [0.15, 0.2) is 6.54 Å². The van der Waals surface area contributed by atoms with Crippen LogP contribution < -0.4 is 15.0 Å². The average molecular weight is 411 g/mol. The van der Waals surface area contributed by atoms with Gasteiger partial charge in [0.1, 0.15) is 10.6 Å². The van der Waals surface area contributed by atoms with Crippen LogP contribution in [0, 0.1) is 11.8 Å². The van der Waals surface area contributed by atoms with Crippen LogP contribution in [0.2, 0.25) is 0 Å². The van der Waals surface area contributed by atoms with Crippen molar-refractivity contribution in [2.45, 2.75) is 37.0 Å². The van der Waals surface area contributed by atoms with Gasteiger partial charge in [-0.25, -0.2) is 12.7 Å². The zero-order chi connectivity index (χ0) is 20.3. The van der Waals surface area contributed by atoms with Crippen molar-refractivity contribution in [3.8, 4) is 5.75 Å². The number of nitrogens with zero attached hydrogens (tertiary/aromatic N) is 1. The van der Waals surface area contributed by atoms with Gasteiger partial charge in [-0.05, 0) is 43.4 Å². The second kappa shape index (κ2) is 8.80. The number of nitrogens with one attached hydrogen (secondary N) is 2. The van der Waals surface area contributed by atoms with E-state index in [1.807, 2.05) is 0 Å². The first kappa shape index (κ1) is 21.1. The maximum absolute atomic E-state index is 12.6. The monoisotopic (exact) mass is 410 g/mol. The minimum absolute atomic E-state index is 0.0492. The summed E-state index contributed by atoms with van der Waals surface area (Å²) in [5.74, 6) is 1.78. The third-order valence-electron chi connectivity index (χ3n) is 6.10. The van der Waals surface area contributed by atoms with Crippen molar-refractivity contribution in [2.24, 2.45) is 11.8 Å². The molecule has 1 aromatic rings. The Hall–Kier alpha value is -1.64. The van der Waals surface area contributed by atoms with Crippen LogP contribution in [-0.2, 0) is 14.8 Å². The molecule has 1 unspecified atom stereocenters. The fourth-order valence-corrected chi connectivity index (χ4v) is 5.62. The summed E-state index contributed by atoms with van der Waals surface area (Å²) in [6, 6.07) is 4.72. The lowest BCUT2D eigenvalue weighted by atomic mass is 9.75. The molecule has 28 heavy (non-hydrogen) atoms. The molecule has 8 heteroatoms. The highest BCUT2D eigenvalue weighted by Crippen LogP contribution is 2.32. The van der Waals surface area contributed by atoms with Gasteiger partial charge in [0.25, 0.3) is 5.91 Å². The van der Waals surface area contributed by atoms with Crippen LogP contribution in [0.25, 0.3) is 0 Å². The number of methoxy groups -OCH3 is 1. The Labute approximate surface area is 168 Å². The molecule has 0 radical (unpaired) electrons. The number of benzene rings is 1. The molecule has 1 aliphatic heterocycles. The predicted molar refractivity (Wildman–Crippen MR) is 108 cm³/mol. The van der Waals surface area contributed by atoms with Crippen molar-refractivity contribution >= 4 is 21.6 Å². The zero-order valence-corrected chi connectivity index (χ0v) is 17.8. The fraction of sp³-hybridized carbons (Fsp3) is 0.650. The molecule has 1 amide bonds. The number of fused-ring (bicyclic) bond motifs is 1. The van der Waals surface area contributed by atoms with Crippen LogP contribution >= 0.6 is 0 Å². The van der Waals surface area contributed by atoms with Crippen LogP contribution in [0.1, 0.15) is 32.1 Å². The highest BCUT2D eigenvalue weighted by atomic mass is 32.2. The molecule has 2 fully saturated rings. The number of likely N-dealkylation sites (tertiary alicyclic amines) is 1. The quantitative estimate of drug-likeness (QED) is 0.733. The Balaban J connectivity index is 1.65. The lowest BCUT2D eigenvalue weighted by Crippen LogP contribution is -3.15. The predicted octanol–water partition coefficient (Wildman–Crippen LogP) is 0.979. The lowest BCUT2D eigenvalue weighted by molar-refractivity contribution is -0.902. The molecule has 2 N–H and O–H groups in total. The van der Waals surface area contributed by atoms with E-state index in [1.54, 1.807) is 12.1 Å². The minimum atomic E-state index is -3.67. The summed E-state index contributed by atoms with van der Waals surface area (Å²) in [6.07, 6.45) is 6.52. The van der Waals surface area contributed by atoms with Crippen molar-refractivity contribution in [2.75, 3.05) is 46.2 Å². The molecule has 156 valence electrons. The molecule has 1 heterocycles. The number of amides is 1. The molecule has 1 saturated carbocycles. The number of carbonyl (C=O) groups is 1. The van der Waals surface area contributed by atoms with Gasteiger partial charge in [-0.1, -0.05) is 12.8 Å². The number of carbonyl (C=O) groups excluding carboxylic acids is 1. The lowest BCUT2D eigenvalue weighted by Gasteiger charge is -2.38. The highest BCUT2D eigenvalue weighted by molar-refractivity contribution is 7.89. The van der Waals surface area contributed by atoms with Gasteiger partial charge < -0.3 is 15.0 Å². The largest absolute Gasteiger partial charge is 0.495 e. The Morgan fingerprint density at radius 2 is 1.93 bits per heavy atom. The van der Waals surface area contributed by atoms with Crippen LogP contribution in [-0.4, -0.2) is 59.5 Å². The number of quaternary nitrogens is 1. The van der Waals surface area contributed by atoms with E-state index in [2.05, 4.69) is 5.32 Å². The number of anilines is 1. The molecule has 1 aromatic carbocycles. The summed E-state index contributed by atoms with van der Waals surface area (Å²) < 4.78 is 31.4. The summed E-state index contributed by atoms with van der Waals surface area (Å²) >= 11 is 0. The fourth-order valence-electron chi connectivity index (χ4n) is 4.54. The van der Waals surface area contributed by atoms with E-state index < -0.39 is 10.0 Å². The number of hydrogen-bond acceptors (Lipinski definition) is 4. The van der Waals surface area contributed by atoms with Crippen molar-refractivity contribution < 1.29 is 22.8 Å². The van der Waals surface area contributed by atoms with Gasteiger partial charge in [0.2, 0.25) is 10.0 Å². The van der Waals surface area contributed by atoms with E-state index in [9.17, 15) is 13.2 Å². The molecule has 1 aliphatic carbocycles. The second-order valence-corrected chi connectivity index (χ2v) is 10.3. The topological polar surface area (TPSA) is 80.1 Å². The molecule has 3 rings (SSSR count). The van der Waals surface area contributed by atoms with E-state index in [1.165, 1.54) is 64.3 Å². The summed E-state index contributed by atoms with van der Waals surface area (Å²) in [6.45, 7) is 2.53. The molecule has 0 bridgehead atoms.